The van der Waals surface area contributed by atoms with Gasteiger partial charge in [0.25, 0.3) is 0 Å². The van der Waals surface area contributed by atoms with E-state index in [4.69, 9.17) is 11.1 Å². The molecule has 0 N–H and O–H groups in total. The van der Waals surface area contributed by atoms with Crippen molar-refractivity contribution in [2.45, 2.75) is 0 Å². The van der Waals surface area contributed by atoms with E-state index in [1.807, 2.05) is 0 Å². The molecule has 0 radical (unpaired) electrons. The summed E-state index contributed by atoms with van der Waals surface area (Å²) in [4.78, 5) is 11.4. The number of aliphatic imine (C=N–C) groups is 2. The minimum Gasteiger partial charge on any atom is -0.256 e. The van der Waals surface area contributed by atoms with Crippen molar-refractivity contribution in [3.8, 4) is 0 Å². The summed E-state index contributed by atoms with van der Waals surface area (Å²) in [5, 5.41) is 5.11. The highest BCUT2D eigenvalue weighted by Crippen LogP contribution is 2.31. The fraction of sp³-hybridized carbons (Fsp3) is 0. The lowest BCUT2D eigenvalue weighted by atomic mass is 10.1. The van der Waals surface area contributed by atoms with Gasteiger partial charge in [0.2, 0.25) is 0 Å². The molecular weight excluding hydrogens is 504 g/mol. The molecule has 0 fully saturated rings. The number of rotatable bonds is 6. The first-order chi connectivity index (χ1) is 17.1. The van der Waals surface area contributed by atoms with Crippen LogP contribution in [0.15, 0.2) is 44.5 Å². The fourth-order valence-corrected chi connectivity index (χ4v) is 2.67. The van der Waals surface area contributed by atoms with Gasteiger partial charge in [0, 0.05) is 22.3 Å². The van der Waals surface area contributed by atoms with Crippen molar-refractivity contribution in [3.63, 3.8) is 0 Å². The molecule has 3 rings (SSSR count). The number of hydrogen-bond donors (Lipinski definition) is 0. The maximum absolute atomic E-state index is 14.0. The molecule has 0 aliphatic carbocycles. The van der Waals surface area contributed by atoms with E-state index < -0.39 is 69.0 Å². The Labute approximate surface area is 194 Å². The Morgan fingerprint density at radius 2 is 0.778 bits per heavy atom. The summed E-state index contributed by atoms with van der Waals surface area (Å²) in [6.07, 6.45) is 0.910. The van der Waals surface area contributed by atoms with Crippen LogP contribution >= 0.6 is 0 Å². The molecule has 36 heavy (non-hydrogen) atoms. The van der Waals surface area contributed by atoms with Crippen LogP contribution in [0.1, 0.15) is 11.1 Å². The molecule has 0 unspecified atom stereocenters. The molecule has 0 saturated carbocycles. The van der Waals surface area contributed by atoms with Crippen molar-refractivity contribution < 1.29 is 35.1 Å². The van der Waals surface area contributed by atoms with E-state index in [-0.39, 0.29) is 11.4 Å². The molecule has 0 aliphatic rings. The summed E-state index contributed by atoms with van der Waals surface area (Å²) in [7, 11) is 0. The molecule has 0 atom stereocenters. The van der Waals surface area contributed by atoms with Gasteiger partial charge in [-0.2, -0.15) is 0 Å². The Morgan fingerprint density at radius 1 is 0.500 bits per heavy atom. The van der Waals surface area contributed by atoms with Crippen LogP contribution in [0.2, 0.25) is 0 Å². The molecule has 0 bridgehead atoms. The lowest BCUT2D eigenvalue weighted by Gasteiger charge is -2.06. The largest absolute Gasteiger partial charge is 0.256 e. The highest BCUT2D eigenvalue weighted by molar-refractivity contribution is 5.85. The first kappa shape index (κ1) is 25.7. The van der Waals surface area contributed by atoms with E-state index in [2.05, 4.69) is 30.0 Å². The molecule has 182 valence electrons. The third-order valence-electron chi connectivity index (χ3n) is 4.37. The first-order valence-corrected chi connectivity index (χ1v) is 9.12. The topological polar surface area (TPSA) is 122 Å². The van der Waals surface area contributed by atoms with Gasteiger partial charge in [-0.3, -0.25) is 9.98 Å². The van der Waals surface area contributed by atoms with Gasteiger partial charge in [-0.1, -0.05) is 10.2 Å². The van der Waals surface area contributed by atoms with Gasteiger partial charge in [-0.15, -0.1) is 0 Å². The van der Waals surface area contributed by atoms with Crippen LogP contribution in [0.5, 0.6) is 0 Å². The number of azide groups is 2. The molecular formula is C20H6F8N8. The van der Waals surface area contributed by atoms with E-state index in [1.54, 1.807) is 0 Å². The van der Waals surface area contributed by atoms with Crippen LogP contribution in [0.4, 0.5) is 57.9 Å². The normalized spacial score (nSPS) is 11.1. The SMILES string of the molecule is [N-]=[N+]=Nc1c(F)c(F)c(C=Nc2ccc(N=Cc3c(F)c(F)c(N=[N+]=[N-])c(F)c3F)cc2)c(F)c1F. The van der Waals surface area contributed by atoms with Crippen molar-refractivity contribution in [3.05, 3.63) is 103 Å². The minimum atomic E-state index is -1.93. The number of hydrogen-bond acceptors (Lipinski definition) is 4. The lowest BCUT2D eigenvalue weighted by molar-refractivity contribution is 0.455. The highest BCUT2D eigenvalue weighted by atomic mass is 19.2. The van der Waals surface area contributed by atoms with Gasteiger partial charge in [-0.25, -0.2) is 35.1 Å². The van der Waals surface area contributed by atoms with Crippen LogP contribution in [0, 0.1) is 46.5 Å². The Kier molecular flexibility index (Phi) is 7.52. The van der Waals surface area contributed by atoms with Crippen molar-refractivity contribution in [1.29, 1.82) is 0 Å². The summed E-state index contributed by atoms with van der Waals surface area (Å²) in [5.74, 6) is -15.2. The summed E-state index contributed by atoms with van der Waals surface area (Å²) in [5.41, 5.74) is 11.0. The standard InChI is InChI=1S/C20H6F8N8/c21-11-9(12(22)16(26)19(15(11)25)33-35-29)5-31-7-1-2-8(4-3-7)32-6-10-13(23)17(27)20(34-36-30)18(28)14(10)24/h1-6H. The lowest BCUT2D eigenvalue weighted by Crippen LogP contribution is -2.03. The zero-order chi connectivity index (χ0) is 26.6. The van der Waals surface area contributed by atoms with Crippen LogP contribution < -0.4 is 0 Å². The second-order valence-electron chi connectivity index (χ2n) is 6.45. The number of halogens is 8. The predicted octanol–water partition coefficient (Wildman–Crippen LogP) is 8.18. The first-order valence-electron chi connectivity index (χ1n) is 9.12. The highest BCUT2D eigenvalue weighted by Gasteiger charge is 2.25. The zero-order valence-corrected chi connectivity index (χ0v) is 17.1. The molecule has 0 spiro atoms. The monoisotopic (exact) mass is 510 g/mol. The maximum atomic E-state index is 14.0. The molecule has 0 heterocycles. The predicted molar refractivity (Wildman–Crippen MR) is 111 cm³/mol. The van der Waals surface area contributed by atoms with Gasteiger partial charge in [0.1, 0.15) is 11.4 Å². The van der Waals surface area contributed by atoms with E-state index in [0.29, 0.717) is 12.4 Å². The van der Waals surface area contributed by atoms with Gasteiger partial charge < -0.3 is 0 Å². The summed E-state index contributed by atoms with van der Waals surface area (Å²) < 4.78 is 111. The Morgan fingerprint density at radius 3 is 1.03 bits per heavy atom. The number of benzene rings is 3. The second-order valence-corrected chi connectivity index (χ2v) is 6.45. The van der Waals surface area contributed by atoms with Crippen molar-refractivity contribution in [2.24, 2.45) is 20.2 Å². The molecule has 0 aromatic heterocycles. The van der Waals surface area contributed by atoms with Gasteiger partial charge in [0.15, 0.2) is 46.5 Å². The molecule has 3 aromatic carbocycles. The van der Waals surface area contributed by atoms with E-state index >= 15 is 0 Å². The third kappa shape index (κ3) is 4.80. The van der Waals surface area contributed by atoms with Crippen LogP contribution in [-0.4, -0.2) is 12.4 Å². The Bertz CT molecular complexity index is 1350. The van der Waals surface area contributed by atoms with Crippen molar-refractivity contribution in [1.82, 2.24) is 0 Å². The van der Waals surface area contributed by atoms with Crippen LogP contribution in [-0.2, 0) is 0 Å². The Hall–Kier alpha value is -4.94. The van der Waals surface area contributed by atoms with Gasteiger partial charge in [-0.05, 0) is 35.3 Å². The fourth-order valence-electron chi connectivity index (χ4n) is 2.67. The van der Waals surface area contributed by atoms with Crippen LogP contribution in [0.25, 0.3) is 20.9 Å². The smallest absolute Gasteiger partial charge is 0.172 e. The van der Waals surface area contributed by atoms with Gasteiger partial charge in [0.05, 0.1) is 22.5 Å². The minimum absolute atomic E-state index is 0.0270. The number of nitrogens with zero attached hydrogens (tertiary/aromatic N) is 8. The summed E-state index contributed by atoms with van der Waals surface area (Å²) in [6, 6.07) is 4.66. The molecule has 0 aliphatic heterocycles. The third-order valence-corrected chi connectivity index (χ3v) is 4.37. The average molecular weight is 510 g/mol. The van der Waals surface area contributed by atoms with Crippen LogP contribution in [0.3, 0.4) is 0 Å². The maximum Gasteiger partial charge on any atom is 0.172 e. The molecule has 3 aromatic rings. The Balaban J connectivity index is 1.89. The summed E-state index contributed by atoms with van der Waals surface area (Å²) >= 11 is 0. The van der Waals surface area contributed by atoms with Crippen molar-refractivity contribution in [2.75, 3.05) is 0 Å². The zero-order valence-electron chi connectivity index (χ0n) is 17.1. The molecule has 16 heteroatoms. The van der Waals surface area contributed by atoms with E-state index in [0.717, 1.165) is 0 Å². The van der Waals surface area contributed by atoms with E-state index in [9.17, 15) is 35.1 Å². The van der Waals surface area contributed by atoms with Crippen molar-refractivity contribution >= 4 is 35.2 Å². The second kappa shape index (κ2) is 10.5. The quantitative estimate of drug-likeness (QED) is 0.0793. The molecule has 8 nitrogen and oxygen atoms in total. The van der Waals surface area contributed by atoms with Gasteiger partial charge >= 0.3 is 0 Å². The van der Waals surface area contributed by atoms with E-state index in [1.165, 1.54) is 24.3 Å². The summed E-state index contributed by atoms with van der Waals surface area (Å²) in [6.45, 7) is 0. The average Bonchev–Trinajstić information content (AvgIpc) is 2.87. The molecule has 0 amide bonds. The molecule has 0 saturated heterocycles.